The van der Waals surface area contributed by atoms with Crippen molar-refractivity contribution in [2.24, 2.45) is 0 Å². The maximum Gasteiger partial charge on any atom is 0.163 e. The molecule has 0 N–H and O–H groups in total. The second kappa shape index (κ2) is 5.63. The molecule has 1 nitrogen and oxygen atoms in total. The van der Waals surface area contributed by atoms with Crippen LogP contribution in [0.25, 0.3) is 0 Å². The number of aryl methyl sites for hydroxylation is 3. The van der Waals surface area contributed by atoms with Crippen LogP contribution in [-0.2, 0) is 6.42 Å². The smallest absolute Gasteiger partial charge is 0.163 e. The Morgan fingerprint density at radius 2 is 1.72 bits per heavy atom. The first kappa shape index (κ1) is 12.6. The third-order valence-corrected chi connectivity index (χ3v) is 3.18. The van der Waals surface area contributed by atoms with E-state index in [1.54, 1.807) is 0 Å². The molecule has 0 fully saturated rings. The first-order valence-electron chi connectivity index (χ1n) is 6.31. The van der Waals surface area contributed by atoms with Crippen molar-refractivity contribution in [2.45, 2.75) is 26.7 Å². The van der Waals surface area contributed by atoms with Crippen LogP contribution in [0.15, 0.2) is 48.5 Å². The van der Waals surface area contributed by atoms with Gasteiger partial charge in [-0.3, -0.25) is 4.79 Å². The number of benzene rings is 2. The Morgan fingerprint density at radius 3 is 2.44 bits per heavy atom. The van der Waals surface area contributed by atoms with Gasteiger partial charge in [0.25, 0.3) is 0 Å². The molecular weight excluding hydrogens is 220 g/mol. The van der Waals surface area contributed by atoms with Gasteiger partial charge in [-0.2, -0.15) is 0 Å². The van der Waals surface area contributed by atoms with E-state index < -0.39 is 0 Å². The minimum absolute atomic E-state index is 0.236. The van der Waals surface area contributed by atoms with Crippen LogP contribution in [0.5, 0.6) is 0 Å². The lowest BCUT2D eigenvalue weighted by molar-refractivity contribution is 0.0982. The number of ketones is 1. The van der Waals surface area contributed by atoms with E-state index in [1.165, 1.54) is 5.56 Å². The van der Waals surface area contributed by atoms with E-state index in [2.05, 4.69) is 12.1 Å². The van der Waals surface area contributed by atoms with Gasteiger partial charge >= 0.3 is 0 Å². The second-order valence-electron chi connectivity index (χ2n) is 4.73. The molecule has 0 aliphatic heterocycles. The molecule has 0 saturated heterocycles. The van der Waals surface area contributed by atoms with Gasteiger partial charge in [-0.15, -0.1) is 0 Å². The third kappa shape index (κ3) is 3.07. The molecule has 18 heavy (non-hydrogen) atoms. The minimum atomic E-state index is 0.236. The highest BCUT2D eigenvalue weighted by Crippen LogP contribution is 2.14. The lowest BCUT2D eigenvalue weighted by atomic mass is 9.98. The molecule has 0 saturated carbocycles. The largest absolute Gasteiger partial charge is 0.294 e. The molecular formula is C17H18O. The van der Waals surface area contributed by atoms with Gasteiger partial charge in [0.2, 0.25) is 0 Å². The number of carbonyl (C=O) groups excluding carboxylic acids is 1. The van der Waals surface area contributed by atoms with E-state index >= 15 is 0 Å². The summed E-state index contributed by atoms with van der Waals surface area (Å²) < 4.78 is 0. The van der Waals surface area contributed by atoms with E-state index in [0.29, 0.717) is 6.42 Å². The molecule has 2 aromatic rings. The van der Waals surface area contributed by atoms with Gasteiger partial charge in [0.15, 0.2) is 5.78 Å². The number of hydrogen-bond acceptors (Lipinski definition) is 1. The Hall–Kier alpha value is -1.89. The average Bonchev–Trinajstić information content (AvgIpc) is 2.40. The summed E-state index contributed by atoms with van der Waals surface area (Å²) in [6.07, 6.45) is 1.39. The van der Waals surface area contributed by atoms with Crippen molar-refractivity contribution in [1.29, 1.82) is 0 Å². The molecule has 0 aliphatic rings. The van der Waals surface area contributed by atoms with E-state index in [4.69, 9.17) is 0 Å². The molecule has 2 rings (SSSR count). The predicted molar refractivity (Wildman–Crippen MR) is 75.0 cm³/mol. The van der Waals surface area contributed by atoms with Gasteiger partial charge in [0.05, 0.1) is 0 Å². The van der Waals surface area contributed by atoms with Crippen LogP contribution in [0.4, 0.5) is 0 Å². The molecule has 0 aromatic heterocycles. The maximum absolute atomic E-state index is 12.2. The molecule has 0 amide bonds. The molecule has 1 heteroatoms. The fourth-order valence-corrected chi connectivity index (χ4v) is 2.07. The molecule has 0 atom stereocenters. The van der Waals surface area contributed by atoms with Crippen LogP contribution in [0.1, 0.15) is 33.5 Å². The van der Waals surface area contributed by atoms with Crippen molar-refractivity contribution >= 4 is 5.78 Å². The Bertz CT molecular complexity index is 541. The summed E-state index contributed by atoms with van der Waals surface area (Å²) in [5, 5.41) is 0. The molecule has 0 radical (unpaired) electrons. The Morgan fingerprint density at radius 1 is 1.00 bits per heavy atom. The number of Topliss-reactive ketones (excluding diaryl/α,β-unsaturated/α-hetero) is 1. The molecule has 0 heterocycles. The lowest BCUT2D eigenvalue weighted by Gasteiger charge is -2.06. The summed E-state index contributed by atoms with van der Waals surface area (Å²) in [4.78, 5) is 12.2. The van der Waals surface area contributed by atoms with E-state index in [1.807, 2.05) is 50.2 Å². The van der Waals surface area contributed by atoms with Crippen LogP contribution in [0, 0.1) is 13.8 Å². The van der Waals surface area contributed by atoms with Crippen molar-refractivity contribution in [1.82, 2.24) is 0 Å². The zero-order valence-corrected chi connectivity index (χ0v) is 10.9. The summed E-state index contributed by atoms with van der Waals surface area (Å²) in [7, 11) is 0. The fraction of sp³-hybridized carbons (Fsp3) is 0.235. The highest BCUT2D eigenvalue weighted by molar-refractivity contribution is 5.97. The lowest BCUT2D eigenvalue weighted by Crippen LogP contribution is -2.04. The molecule has 92 valence electrons. The quantitative estimate of drug-likeness (QED) is 0.732. The van der Waals surface area contributed by atoms with Crippen LogP contribution < -0.4 is 0 Å². The van der Waals surface area contributed by atoms with E-state index in [9.17, 15) is 4.79 Å². The van der Waals surface area contributed by atoms with Gasteiger partial charge in [-0.05, 0) is 37.5 Å². The average molecular weight is 238 g/mol. The summed E-state index contributed by atoms with van der Waals surface area (Å²) in [6, 6.07) is 16.2. The van der Waals surface area contributed by atoms with Gasteiger partial charge in [0.1, 0.15) is 0 Å². The highest BCUT2D eigenvalue weighted by atomic mass is 16.1. The molecule has 0 bridgehead atoms. The van der Waals surface area contributed by atoms with Crippen molar-refractivity contribution in [3.05, 3.63) is 70.8 Å². The zero-order chi connectivity index (χ0) is 13.0. The van der Waals surface area contributed by atoms with Crippen molar-refractivity contribution in [3.63, 3.8) is 0 Å². The van der Waals surface area contributed by atoms with Gasteiger partial charge in [0, 0.05) is 12.0 Å². The van der Waals surface area contributed by atoms with Crippen LogP contribution >= 0.6 is 0 Å². The molecule has 0 unspecified atom stereocenters. The summed E-state index contributed by atoms with van der Waals surface area (Å²) >= 11 is 0. The Kier molecular flexibility index (Phi) is 3.93. The Labute approximate surface area is 108 Å². The minimum Gasteiger partial charge on any atom is -0.294 e. The van der Waals surface area contributed by atoms with Gasteiger partial charge in [-0.25, -0.2) is 0 Å². The fourth-order valence-electron chi connectivity index (χ4n) is 2.07. The SMILES string of the molecule is Cc1ccc(C)c(C(=O)CCc2ccccc2)c1. The maximum atomic E-state index is 12.2. The summed E-state index contributed by atoms with van der Waals surface area (Å²) in [5.74, 6) is 0.236. The van der Waals surface area contributed by atoms with Crippen molar-refractivity contribution < 1.29 is 4.79 Å². The standard InChI is InChI=1S/C17H18O/c1-13-8-9-14(2)16(12-13)17(18)11-10-15-6-4-3-5-7-15/h3-9,12H,10-11H2,1-2H3. The predicted octanol–water partition coefficient (Wildman–Crippen LogP) is 4.12. The number of hydrogen-bond donors (Lipinski definition) is 0. The van der Waals surface area contributed by atoms with E-state index in [0.717, 1.165) is 23.1 Å². The summed E-state index contributed by atoms with van der Waals surface area (Å²) in [6.45, 7) is 4.02. The normalized spacial score (nSPS) is 10.3. The zero-order valence-electron chi connectivity index (χ0n) is 10.9. The molecule has 0 spiro atoms. The van der Waals surface area contributed by atoms with Crippen molar-refractivity contribution in [3.8, 4) is 0 Å². The first-order chi connectivity index (χ1) is 8.66. The highest BCUT2D eigenvalue weighted by Gasteiger charge is 2.09. The van der Waals surface area contributed by atoms with Crippen LogP contribution in [0.2, 0.25) is 0 Å². The van der Waals surface area contributed by atoms with E-state index in [-0.39, 0.29) is 5.78 Å². The number of rotatable bonds is 4. The van der Waals surface area contributed by atoms with Gasteiger partial charge < -0.3 is 0 Å². The van der Waals surface area contributed by atoms with Crippen molar-refractivity contribution in [2.75, 3.05) is 0 Å². The topological polar surface area (TPSA) is 17.1 Å². The molecule has 0 aliphatic carbocycles. The van der Waals surface area contributed by atoms with Gasteiger partial charge in [-0.1, -0.05) is 48.0 Å². The first-order valence-corrected chi connectivity index (χ1v) is 6.31. The summed E-state index contributed by atoms with van der Waals surface area (Å²) in [5.41, 5.74) is 4.30. The third-order valence-electron chi connectivity index (χ3n) is 3.18. The van der Waals surface area contributed by atoms with Crippen LogP contribution in [-0.4, -0.2) is 5.78 Å². The number of carbonyl (C=O) groups is 1. The monoisotopic (exact) mass is 238 g/mol. The molecule has 2 aromatic carbocycles. The Balaban J connectivity index is 2.06. The van der Waals surface area contributed by atoms with Crippen LogP contribution in [0.3, 0.4) is 0 Å². The second-order valence-corrected chi connectivity index (χ2v) is 4.73.